The summed E-state index contributed by atoms with van der Waals surface area (Å²) in [6, 6.07) is 11.9. The number of halogens is 1. The van der Waals surface area contributed by atoms with E-state index in [9.17, 15) is 4.79 Å². The molecule has 0 fully saturated rings. The molecule has 0 saturated heterocycles. The lowest BCUT2D eigenvalue weighted by atomic mass is 9.98. The molecule has 2 aromatic rings. The van der Waals surface area contributed by atoms with Gasteiger partial charge in [-0.25, -0.2) is 0 Å². The number of benzene rings is 2. The summed E-state index contributed by atoms with van der Waals surface area (Å²) in [4.78, 5) is 10.9. The molecule has 1 nitrogen and oxygen atoms in total. The monoisotopic (exact) mass is 218 g/mol. The van der Waals surface area contributed by atoms with Gasteiger partial charge in [-0.15, -0.1) is 11.6 Å². The second-order valence-corrected chi connectivity index (χ2v) is 3.79. The molecule has 0 aliphatic heterocycles. The lowest BCUT2D eigenvalue weighted by molar-refractivity contribution is 0.112. The highest BCUT2D eigenvalue weighted by Crippen LogP contribution is 2.22. The molecule has 0 radical (unpaired) electrons. The average Bonchev–Trinajstić information content (AvgIpc) is 2.30. The SMILES string of the molecule is O=Cc1ccc2ccccc2c1CCCl. The Hall–Kier alpha value is -1.34. The van der Waals surface area contributed by atoms with Crippen LogP contribution in [0.1, 0.15) is 15.9 Å². The molecule has 2 aromatic carbocycles. The first-order chi connectivity index (χ1) is 7.36. The largest absolute Gasteiger partial charge is 0.298 e. The third kappa shape index (κ3) is 1.88. The molecule has 0 bridgehead atoms. The van der Waals surface area contributed by atoms with Gasteiger partial charge in [0, 0.05) is 11.4 Å². The minimum absolute atomic E-state index is 0.537. The highest BCUT2D eigenvalue weighted by molar-refractivity contribution is 6.18. The number of hydrogen-bond donors (Lipinski definition) is 0. The first-order valence-corrected chi connectivity index (χ1v) is 5.42. The summed E-state index contributed by atoms with van der Waals surface area (Å²) in [7, 11) is 0. The van der Waals surface area contributed by atoms with E-state index in [2.05, 4.69) is 0 Å². The summed E-state index contributed by atoms with van der Waals surface area (Å²) in [6.07, 6.45) is 1.63. The standard InChI is InChI=1S/C13H11ClO/c14-8-7-13-11(9-15)6-5-10-3-1-2-4-12(10)13/h1-6,9H,7-8H2. The van der Waals surface area contributed by atoms with Crippen LogP contribution in [0.2, 0.25) is 0 Å². The van der Waals surface area contributed by atoms with Crippen molar-refractivity contribution in [2.45, 2.75) is 6.42 Å². The van der Waals surface area contributed by atoms with Crippen LogP contribution in [0.5, 0.6) is 0 Å². The van der Waals surface area contributed by atoms with Crippen LogP contribution in [0.15, 0.2) is 36.4 Å². The van der Waals surface area contributed by atoms with Crippen molar-refractivity contribution in [3.8, 4) is 0 Å². The molecule has 76 valence electrons. The number of carbonyl (C=O) groups is 1. The van der Waals surface area contributed by atoms with Crippen LogP contribution in [0, 0.1) is 0 Å². The Morgan fingerprint density at radius 2 is 1.93 bits per heavy atom. The van der Waals surface area contributed by atoms with Crippen molar-refractivity contribution in [1.29, 1.82) is 0 Å². The van der Waals surface area contributed by atoms with Crippen LogP contribution < -0.4 is 0 Å². The quantitative estimate of drug-likeness (QED) is 0.570. The predicted molar refractivity (Wildman–Crippen MR) is 63.8 cm³/mol. The Bertz CT molecular complexity index is 491. The number of alkyl halides is 1. The zero-order chi connectivity index (χ0) is 10.7. The van der Waals surface area contributed by atoms with Gasteiger partial charge in [0.2, 0.25) is 0 Å². The van der Waals surface area contributed by atoms with E-state index in [0.717, 1.165) is 34.6 Å². The normalized spacial score (nSPS) is 10.5. The number of rotatable bonds is 3. The molecule has 15 heavy (non-hydrogen) atoms. The summed E-state index contributed by atoms with van der Waals surface area (Å²) in [5.41, 5.74) is 1.80. The van der Waals surface area contributed by atoms with Gasteiger partial charge in [0.15, 0.2) is 0 Å². The fraction of sp³-hybridized carbons (Fsp3) is 0.154. The molecule has 0 amide bonds. The number of aldehydes is 1. The summed E-state index contributed by atoms with van der Waals surface area (Å²) in [5.74, 6) is 0.537. The fourth-order valence-electron chi connectivity index (χ4n) is 1.84. The fourth-order valence-corrected chi connectivity index (χ4v) is 2.03. The van der Waals surface area contributed by atoms with Crippen molar-refractivity contribution in [3.63, 3.8) is 0 Å². The van der Waals surface area contributed by atoms with E-state index in [1.54, 1.807) is 0 Å². The summed E-state index contributed by atoms with van der Waals surface area (Å²) in [6.45, 7) is 0. The molecular weight excluding hydrogens is 208 g/mol. The third-order valence-electron chi connectivity index (χ3n) is 2.55. The third-order valence-corrected chi connectivity index (χ3v) is 2.74. The molecule has 0 aliphatic carbocycles. The Kier molecular flexibility index (Phi) is 3.02. The average molecular weight is 219 g/mol. The van der Waals surface area contributed by atoms with Gasteiger partial charge in [-0.1, -0.05) is 36.4 Å². The molecule has 0 unspecified atom stereocenters. The summed E-state index contributed by atoms with van der Waals surface area (Å²) in [5, 5.41) is 2.28. The number of fused-ring (bicyclic) bond motifs is 1. The second-order valence-electron chi connectivity index (χ2n) is 3.41. The lowest BCUT2D eigenvalue weighted by Crippen LogP contribution is -1.95. The number of carbonyl (C=O) groups excluding carboxylic acids is 1. The molecule has 0 aliphatic rings. The van der Waals surface area contributed by atoms with Crippen molar-refractivity contribution < 1.29 is 4.79 Å². The van der Waals surface area contributed by atoms with Gasteiger partial charge < -0.3 is 0 Å². The molecule has 2 rings (SSSR count). The van der Waals surface area contributed by atoms with Crippen molar-refractivity contribution in [3.05, 3.63) is 47.5 Å². The maximum Gasteiger partial charge on any atom is 0.150 e. The van der Waals surface area contributed by atoms with E-state index in [0.29, 0.717) is 5.88 Å². The molecule has 0 heterocycles. The molecule has 0 aromatic heterocycles. The lowest BCUT2D eigenvalue weighted by Gasteiger charge is -2.07. The number of hydrogen-bond acceptors (Lipinski definition) is 1. The van der Waals surface area contributed by atoms with E-state index >= 15 is 0 Å². The summed E-state index contributed by atoms with van der Waals surface area (Å²) >= 11 is 5.75. The smallest absolute Gasteiger partial charge is 0.150 e. The van der Waals surface area contributed by atoms with Crippen LogP contribution >= 0.6 is 11.6 Å². The van der Waals surface area contributed by atoms with Crippen molar-refractivity contribution in [2.24, 2.45) is 0 Å². The van der Waals surface area contributed by atoms with Crippen LogP contribution in [0.3, 0.4) is 0 Å². The van der Waals surface area contributed by atoms with Gasteiger partial charge in [-0.2, -0.15) is 0 Å². The van der Waals surface area contributed by atoms with Crippen LogP contribution in [-0.2, 0) is 6.42 Å². The van der Waals surface area contributed by atoms with Crippen LogP contribution in [-0.4, -0.2) is 12.2 Å². The molecule has 0 N–H and O–H groups in total. The van der Waals surface area contributed by atoms with E-state index in [4.69, 9.17) is 11.6 Å². The van der Waals surface area contributed by atoms with Gasteiger partial charge in [0.25, 0.3) is 0 Å². The Morgan fingerprint density at radius 1 is 1.13 bits per heavy atom. The van der Waals surface area contributed by atoms with Crippen molar-refractivity contribution >= 4 is 28.7 Å². The minimum Gasteiger partial charge on any atom is -0.298 e. The maximum absolute atomic E-state index is 10.9. The maximum atomic E-state index is 10.9. The Labute approximate surface area is 93.7 Å². The second kappa shape index (κ2) is 4.45. The van der Waals surface area contributed by atoms with E-state index in [1.165, 1.54) is 0 Å². The van der Waals surface area contributed by atoms with Crippen molar-refractivity contribution in [1.82, 2.24) is 0 Å². The first-order valence-electron chi connectivity index (χ1n) is 4.88. The van der Waals surface area contributed by atoms with Crippen molar-refractivity contribution in [2.75, 3.05) is 5.88 Å². The topological polar surface area (TPSA) is 17.1 Å². The van der Waals surface area contributed by atoms with Gasteiger partial charge >= 0.3 is 0 Å². The van der Waals surface area contributed by atoms with Gasteiger partial charge in [0.1, 0.15) is 6.29 Å². The highest BCUT2D eigenvalue weighted by atomic mass is 35.5. The van der Waals surface area contributed by atoms with Gasteiger partial charge in [0.05, 0.1) is 0 Å². The van der Waals surface area contributed by atoms with Crippen LogP contribution in [0.4, 0.5) is 0 Å². The van der Waals surface area contributed by atoms with E-state index in [1.807, 2.05) is 36.4 Å². The van der Waals surface area contributed by atoms with E-state index < -0.39 is 0 Å². The summed E-state index contributed by atoms with van der Waals surface area (Å²) < 4.78 is 0. The van der Waals surface area contributed by atoms with Gasteiger partial charge in [-0.05, 0) is 22.8 Å². The molecule has 0 saturated carbocycles. The zero-order valence-corrected chi connectivity index (χ0v) is 9.00. The number of aryl methyl sites for hydroxylation is 1. The molecular formula is C13H11ClO. The minimum atomic E-state index is 0.537. The van der Waals surface area contributed by atoms with Gasteiger partial charge in [-0.3, -0.25) is 4.79 Å². The molecule has 0 atom stereocenters. The Balaban J connectivity index is 2.72. The Morgan fingerprint density at radius 3 is 2.67 bits per heavy atom. The predicted octanol–water partition coefficient (Wildman–Crippen LogP) is 3.43. The molecule has 2 heteroatoms. The molecule has 0 spiro atoms. The van der Waals surface area contributed by atoms with Crippen LogP contribution in [0.25, 0.3) is 10.8 Å². The van der Waals surface area contributed by atoms with E-state index in [-0.39, 0.29) is 0 Å². The zero-order valence-electron chi connectivity index (χ0n) is 8.24. The highest BCUT2D eigenvalue weighted by Gasteiger charge is 2.05. The first kappa shape index (κ1) is 10.2.